The predicted octanol–water partition coefficient (Wildman–Crippen LogP) is 1.44. The fourth-order valence-electron chi connectivity index (χ4n) is 2.57. The molecule has 0 bridgehead atoms. The molecule has 1 amide bonds. The van der Waals surface area contributed by atoms with Crippen molar-refractivity contribution in [1.29, 1.82) is 0 Å². The van der Waals surface area contributed by atoms with Crippen molar-refractivity contribution in [2.24, 2.45) is 11.1 Å². The van der Waals surface area contributed by atoms with Crippen molar-refractivity contribution < 1.29 is 9.53 Å². The molecule has 108 valence electrons. The summed E-state index contributed by atoms with van der Waals surface area (Å²) in [6.45, 7) is 8.56. The second kappa shape index (κ2) is 5.94. The van der Waals surface area contributed by atoms with Crippen molar-refractivity contribution in [2.45, 2.75) is 64.6 Å². The number of nitrogens with two attached hydrogens (primary N) is 1. The van der Waals surface area contributed by atoms with Crippen molar-refractivity contribution in [2.75, 3.05) is 6.61 Å². The van der Waals surface area contributed by atoms with Gasteiger partial charge < -0.3 is 15.8 Å². The molecule has 1 aliphatic carbocycles. The fourth-order valence-corrected chi connectivity index (χ4v) is 2.57. The number of carbonyl (C=O) groups excluding carboxylic acids is 1. The third-order valence-corrected chi connectivity index (χ3v) is 4.43. The van der Waals surface area contributed by atoms with Crippen LogP contribution in [0.15, 0.2) is 0 Å². The molecule has 4 heteroatoms. The molecular formula is C15H26N2O2. The van der Waals surface area contributed by atoms with E-state index < -0.39 is 5.54 Å². The first kappa shape index (κ1) is 16.0. The highest BCUT2D eigenvalue weighted by molar-refractivity contribution is 5.89. The van der Waals surface area contributed by atoms with Gasteiger partial charge in [-0.05, 0) is 13.3 Å². The molecule has 1 rings (SSSR count). The summed E-state index contributed by atoms with van der Waals surface area (Å²) in [6.07, 6.45) is 7.25. The van der Waals surface area contributed by atoms with E-state index in [-0.39, 0.29) is 23.5 Å². The minimum Gasteiger partial charge on any atom is -0.378 e. The molecule has 3 atom stereocenters. The summed E-state index contributed by atoms with van der Waals surface area (Å²) in [4.78, 5) is 12.4. The number of rotatable bonds is 6. The van der Waals surface area contributed by atoms with Crippen LogP contribution < -0.4 is 11.1 Å². The maximum Gasteiger partial charge on any atom is 0.241 e. The first-order valence-corrected chi connectivity index (χ1v) is 6.98. The third-order valence-electron chi connectivity index (χ3n) is 4.43. The molecule has 1 saturated carbocycles. The van der Waals surface area contributed by atoms with E-state index in [9.17, 15) is 4.79 Å². The van der Waals surface area contributed by atoms with Crippen LogP contribution in [0, 0.1) is 17.8 Å². The van der Waals surface area contributed by atoms with E-state index in [2.05, 4.69) is 11.2 Å². The van der Waals surface area contributed by atoms with E-state index in [1.54, 1.807) is 0 Å². The number of hydrogen-bond donors (Lipinski definition) is 2. The Hall–Kier alpha value is -1.05. The summed E-state index contributed by atoms with van der Waals surface area (Å²) >= 11 is 0. The Morgan fingerprint density at radius 3 is 2.63 bits per heavy atom. The van der Waals surface area contributed by atoms with E-state index in [1.807, 2.05) is 27.7 Å². The first-order valence-electron chi connectivity index (χ1n) is 6.98. The second-order valence-electron chi connectivity index (χ2n) is 5.83. The third kappa shape index (κ3) is 2.77. The van der Waals surface area contributed by atoms with Gasteiger partial charge in [0.1, 0.15) is 5.54 Å². The van der Waals surface area contributed by atoms with E-state index in [1.165, 1.54) is 0 Å². The van der Waals surface area contributed by atoms with Gasteiger partial charge in [0.05, 0.1) is 6.10 Å². The van der Waals surface area contributed by atoms with Gasteiger partial charge in [-0.2, -0.15) is 0 Å². The fraction of sp³-hybridized carbons (Fsp3) is 0.800. The maximum atomic E-state index is 12.4. The van der Waals surface area contributed by atoms with Crippen LogP contribution in [0.4, 0.5) is 0 Å². The predicted molar refractivity (Wildman–Crippen MR) is 76.4 cm³/mol. The highest BCUT2D eigenvalue weighted by Crippen LogP contribution is 2.49. The Balaban J connectivity index is 2.70. The van der Waals surface area contributed by atoms with Crippen molar-refractivity contribution in [3.63, 3.8) is 0 Å². The molecule has 0 radical (unpaired) electrons. The molecule has 1 fully saturated rings. The quantitative estimate of drug-likeness (QED) is 0.715. The van der Waals surface area contributed by atoms with Crippen LogP contribution in [0.2, 0.25) is 0 Å². The molecule has 0 aromatic rings. The number of ether oxygens (including phenoxy) is 1. The molecular weight excluding hydrogens is 240 g/mol. The molecule has 1 aliphatic rings. The zero-order valence-corrected chi connectivity index (χ0v) is 12.5. The van der Waals surface area contributed by atoms with Gasteiger partial charge in [0.15, 0.2) is 0 Å². The lowest BCUT2D eigenvalue weighted by Crippen LogP contribution is -2.76. The Kier molecular flexibility index (Phi) is 5.00. The minimum atomic E-state index is -0.866. The lowest BCUT2D eigenvalue weighted by atomic mass is 9.54. The van der Waals surface area contributed by atoms with Crippen molar-refractivity contribution >= 4 is 5.91 Å². The molecule has 19 heavy (non-hydrogen) atoms. The first-order chi connectivity index (χ1) is 8.83. The Labute approximate surface area is 116 Å². The standard InChI is InChI=1S/C15H26N2O2/c1-6-9-11(7-2)17-13(18)15(16)10-12(19-8-3)14(15,4)5/h1,11-12H,7-10,16H2,2-5H3,(H,17,18). The average Bonchev–Trinajstić information content (AvgIpc) is 2.37. The maximum absolute atomic E-state index is 12.4. The largest absolute Gasteiger partial charge is 0.378 e. The van der Waals surface area contributed by atoms with E-state index >= 15 is 0 Å². The van der Waals surface area contributed by atoms with E-state index in [0.717, 1.165) is 6.42 Å². The van der Waals surface area contributed by atoms with Crippen molar-refractivity contribution in [3.05, 3.63) is 0 Å². The summed E-state index contributed by atoms with van der Waals surface area (Å²) in [5, 5.41) is 2.97. The highest BCUT2D eigenvalue weighted by Gasteiger charge is 2.62. The van der Waals surface area contributed by atoms with Crippen LogP contribution in [0.3, 0.4) is 0 Å². The minimum absolute atomic E-state index is 0.000122. The molecule has 0 heterocycles. The highest BCUT2D eigenvalue weighted by atomic mass is 16.5. The molecule has 3 unspecified atom stereocenters. The normalized spacial score (nSPS) is 30.0. The number of amides is 1. The van der Waals surface area contributed by atoms with Gasteiger partial charge in [0, 0.05) is 30.9 Å². The summed E-state index contributed by atoms with van der Waals surface area (Å²) in [6, 6.07) is -0.000122. The number of carbonyl (C=O) groups is 1. The van der Waals surface area contributed by atoms with Crippen LogP contribution >= 0.6 is 0 Å². The summed E-state index contributed by atoms with van der Waals surface area (Å²) in [5.41, 5.74) is 5.07. The van der Waals surface area contributed by atoms with Gasteiger partial charge in [0.2, 0.25) is 5.91 Å². The zero-order chi connectivity index (χ0) is 14.7. The average molecular weight is 266 g/mol. The Morgan fingerprint density at radius 1 is 1.58 bits per heavy atom. The van der Waals surface area contributed by atoms with Gasteiger partial charge in [-0.25, -0.2) is 0 Å². The molecule has 4 nitrogen and oxygen atoms in total. The van der Waals surface area contributed by atoms with Gasteiger partial charge in [-0.3, -0.25) is 4.79 Å². The SMILES string of the molecule is C#CCC(CC)NC(=O)C1(N)CC(OCC)C1(C)C. The van der Waals surface area contributed by atoms with Crippen LogP contribution in [0.1, 0.15) is 47.0 Å². The molecule has 0 aromatic carbocycles. The monoisotopic (exact) mass is 266 g/mol. The molecule has 0 aromatic heterocycles. The van der Waals surface area contributed by atoms with Gasteiger partial charge in [-0.15, -0.1) is 12.3 Å². The topological polar surface area (TPSA) is 64.4 Å². The molecule has 0 spiro atoms. The van der Waals surface area contributed by atoms with Crippen LogP contribution in [-0.2, 0) is 9.53 Å². The van der Waals surface area contributed by atoms with Crippen molar-refractivity contribution in [1.82, 2.24) is 5.32 Å². The Morgan fingerprint density at radius 2 is 2.21 bits per heavy atom. The number of nitrogens with one attached hydrogen (secondary N) is 1. The van der Waals surface area contributed by atoms with Gasteiger partial charge in [-0.1, -0.05) is 20.8 Å². The van der Waals surface area contributed by atoms with Gasteiger partial charge in [0.25, 0.3) is 0 Å². The summed E-state index contributed by atoms with van der Waals surface area (Å²) in [5.74, 6) is 2.47. The van der Waals surface area contributed by atoms with Crippen molar-refractivity contribution in [3.8, 4) is 12.3 Å². The number of terminal acetylenes is 1. The molecule has 0 saturated heterocycles. The molecule has 0 aliphatic heterocycles. The van der Waals surface area contributed by atoms with E-state index in [0.29, 0.717) is 19.4 Å². The van der Waals surface area contributed by atoms with Crippen LogP contribution in [0.5, 0.6) is 0 Å². The Bertz CT molecular complexity index is 373. The lowest BCUT2D eigenvalue weighted by Gasteiger charge is -2.57. The summed E-state index contributed by atoms with van der Waals surface area (Å²) < 4.78 is 5.63. The smallest absolute Gasteiger partial charge is 0.241 e. The van der Waals surface area contributed by atoms with Crippen LogP contribution in [0.25, 0.3) is 0 Å². The zero-order valence-electron chi connectivity index (χ0n) is 12.5. The van der Waals surface area contributed by atoms with Crippen LogP contribution in [-0.4, -0.2) is 30.2 Å². The summed E-state index contributed by atoms with van der Waals surface area (Å²) in [7, 11) is 0. The van der Waals surface area contributed by atoms with Gasteiger partial charge >= 0.3 is 0 Å². The molecule has 3 N–H and O–H groups in total. The second-order valence-corrected chi connectivity index (χ2v) is 5.83. The van der Waals surface area contributed by atoms with E-state index in [4.69, 9.17) is 16.9 Å². The number of hydrogen-bond acceptors (Lipinski definition) is 3. The lowest BCUT2D eigenvalue weighted by molar-refractivity contribution is -0.171.